The maximum atomic E-state index is 9.48. The van der Waals surface area contributed by atoms with E-state index in [-0.39, 0.29) is 6.61 Å². The molecule has 1 aromatic heterocycles. The Hall–Kier alpha value is -1.66. The fourth-order valence-electron chi connectivity index (χ4n) is 3.81. The van der Waals surface area contributed by atoms with Crippen LogP contribution in [0.5, 0.6) is 0 Å². The summed E-state index contributed by atoms with van der Waals surface area (Å²) in [5, 5.41) is 12.7. The van der Waals surface area contributed by atoms with Crippen LogP contribution >= 0.6 is 0 Å². The molecule has 2 heterocycles. The first-order chi connectivity index (χ1) is 12.1. The number of aliphatic hydroxyl groups is 1. The molecule has 0 aromatic carbocycles. The lowest BCUT2D eigenvalue weighted by molar-refractivity contribution is 0.154. The predicted molar refractivity (Wildman–Crippen MR) is 102 cm³/mol. The highest BCUT2D eigenvalue weighted by Gasteiger charge is 2.29. The molecule has 6 nitrogen and oxygen atoms in total. The zero-order valence-corrected chi connectivity index (χ0v) is 15.8. The Morgan fingerprint density at radius 1 is 1.28 bits per heavy atom. The molecule has 0 spiro atoms. The van der Waals surface area contributed by atoms with Crippen molar-refractivity contribution in [3.05, 3.63) is 22.9 Å². The van der Waals surface area contributed by atoms with Gasteiger partial charge in [-0.05, 0) is 39.5 Å². The number of fused-ring (bicyclic) bond motifs is 1. The summed E-state index contributed by atoms with van der Waals surface area (Å²) in [6, 6.07) is 0.337. The number of piperazine rings is 1. The first-order valence-electron chi connectivity index (χ1n) is 9.43. The molecule has 2 aliphatic rings. The SMILES string of the molecule is CNc1nc(N2CCN(CC=C(C)C)[C@H](CCO)C2)nc2c1CCC2. The van der Waals surface area contributed by atoms with E-state index in [1.165, 1.54) is 23.3 Å². The van der Waals surface area contributed by atoms with E-state index in [1.54, 1.807) is 0 Å². The van der Waals surface area contributed by atoms with Gasteiger partial charge in [-0.15, -0.1) is 0 Å². The molecular weight excluding hydrogens is 314 g/mol. The number of hydrogen-bond donors (Lipinski definition) is 2. The molecule has 0 radical (unpaired) electrons. The van der Waals surface area contributed by atoms with E-state index in [4.69, 9.17) is 9.97 Å². The van der Waals surface area contributed by atoms with Crippen LogP contribution in [0.25, 0.3) is 0 Å². The highest BCUT2D eigenvalue weighted by atomic mass is 16.3. The van der Waals surface area contributed by atoms with E-state index in [0.29, 0.717) is 6.04 Å². The number of rotatable bonds is 6. The van der Waals surface area contributed by atoms with E-state index in [0.717, 1.165) is 57.2 Å². The van der Waals surface area contributed by atoms with Gasteiger partial charge in [0.25, 0.3) is 0 Å². The minimum absolute atomic E-state index is 0.219. The Balaban J connectivity index is 1.77. The van der Waals surface area contributed by atoms with E-state index in [2.05, 4.69) is 35.0 Å². The van der Waals surface area contributed by atoms with Gasteiger partial charge in [0.2, 0.25) is 5.95 Å². The van der Waals surface area contributed by atoms with Crippen molar-refractivity contribution < 1.29 is 5.11 Å². The topological polar surface area (TPSA) is 64.5 Å². The van der Waals surface area contributed by atoms with Crippen molar-refractivity contribution in [2.24, 2.45) is 0 Å². The summed E-state index contributed by atoms with van der Waals surface area (Å²) in [5.74, 6) is 1.83. The Labute approximate surface area is 151 Å². The number of aryl methyl sites for hydroxylation is 1. The van der Waals surface area contributed by atoms with Gasteiger partial charge in [-0.25, -0.2) is 4.98 Å². The molecule has 138 valence electrons. The van der Waals surface area contributed by atoms with Crippen LogP contribution in [-0.4, -0.2) is 65.8 Å². The van der Waals surface area contributed by atoms with Gasteiger partial charge in [0.1, 0.15) is 5.82 Å². The molecule has 1 atom stereocenters. The molecule has 1 aliphatic carbocycles. The van der Waals surface area contributed by atoms with Crippen molar-refractivity contribution in [2.45, 2.75) is 45.6 Å². The zero-order chi connectivity index (χ0) is 17.8. The molecule has 6 heteroatoms. The van der Waals surface area contributed by atoms with Crippen LogP contribution in [0.2, 0.25) is 0 Å². The van der Waals surface area contributed by atoms with Gasteiger partial charge in [0.15, 0.2) is 0 Å². The average molecular weight is 345 g/mol. The van der Waals surface area contributed by atoms with E-state index in [1.807, 2.05) is 7.05 Å². The third kappa shape index (κ3) is 4.12. The number of aliphatic hydroxyl groups excluding tert-OH is 1. The number of nitrogens with zero attached hydrogens (tertiary/aromatic N) is 4. The van der Waals surface area contributed by atoms with Crippen LogP contribution in [0.1, 0.15) is 37.9 Å². The number of anilines is 2. The summed E-state index contributed by atoms with van der Waals surface area (Å²) in [7, 11) is 1.94. The third-order valence-electron chi connectivity index (χ3n) is 5.24. The summed E-state index contributed by atoms with van der Waals surface area (Å²) in [6.07, 6.45) is 6.36. The molecule has 1 aromatic rings. The second-order valence-corrected chi connectivity index (χ2v) is 7.29. The maximum absolute atomic E-state index is 9.48. The Morgan fingerprint density at radius 2 is 2.12 bits per heavy atom. The number of allylic oxidation sites excluding steroid dienone is 1. The summed E-state index contributed by atoms with van der Waals surface area (Å²) in [5.41, 5.74) is 3.84. The van der Waals surface area contributed by atoms with Gasteiger partial charge >= 0.3 is 0 Å². The van der Waals surface area contributed by atoms with Crippen molar-refractivity contribution in [1.29, 1.82) is 0 Å². The second-order valence-electron chi connectivity index (χ2n) is 7.29. The monoisotopic (exact) mass is 345 g/mol. The molecule has 25 heavy (non-hydrogen) atoms. The van der Waals surface area contributed by atoms with Crippen molar-refractivity contribution >= 4 is 11.8 Å². The van der Waals surface area contributed by atoms with Crippen molar-refractivity contribution in [3.8, 4) is 0 Å². The van der Waals surface area contributed by atoms with E-state index in [9.17, 15) is 5.11 Å². The number of nitrogens with one attached hydrogen (secondary N) is 1. The van der Waals surface area contributed by atoms with Gasteiger partial charge in [0, 0.05) is 51.4 Å². The molecular formula is C19H31N5O. The lowest BCUT2D eigenvalue weighted by atomic mass is 10.1. The van der Waals surface area contributed by atoms with Crippen LogP contribution in [0.4, 0.5) is 11.8 Å². The van der Waals surface area contributed by atoms with Gasteiger partial charge < -0.3 is 15.3 Å². The first kappa shape index (κ1) is 18.1. The molecule has 2 N–H and O–H groups in total. The largest absolute Gasteiger partial charge is 0.396 e. The fraction of sp³-hybridized carbons (Fsp3) is 0.684. The van der Waals surface area contributed by atoms with Gasteiger partial charge in [-0.3, -0.25) is 4.90 Å². The molecule has 0 amide bonds. The lowest BCUT2D eigenvalue weighted by Gasteiger charge is -2.41. The minimum Gasteiger partial charge on any atom is -0.396 e. The van der Waals surface area contributed by atoms with Crippen molar-refractivity contribution in [1.82, 2.24) is 14.9 Å². The summed E-state index contributed by atoms with van der Waals surface area (Å²) in [6.45, 7) is 8.22. The maximum Gasteiger partial charge on any atom is 0.227 e. The molecule has 0 bridgehead atoms. The summed E-state index contributed by atoms with van der Waals surface area (Å²) >= 11 is 0. The smallest absolute Gasteiger partial charge is 0.227 e. The highest BCUT2D eigenvalue weighted by Crippen LogP contribution is 2.29. The lowest BCUT2D eigenvalue weighted by Crippen LogP contribution is -2.54. The first-order valence-corrected chi connectivity index (χ1v) is 9.43. The molecule has 1 saturated heterocycles. The zero-order valence-electron chi connectivity index (χ0n) is 15.8. The summed E-state index contributed by atoms with van der Waals surface area (Å²) in [4.78, 5) is 14.4. The van der Waals surface area contributed by atoms with Gasteiger partial charge in [-0.1, -0.05) is 11.6 Å². The normalized spacial score (nSPS) is 20.5. The van der Waals surface area contributed by atoms with Crippen LogP contribution in [-0.2, 0) is 12.8 Å². The van der Waals surface area contributed by atoms with Crippen LogP contribution in [0, 0.1) is 0 Å². The molecule has 1 fully saturated rings. The quantitative estimate of drug-likeness (QED) is 0.767. The van der Waals surface area contributed by atoms with Gasteiger partial charge in [-0.2, -0.15) is 4.98 Å². The average Bonchev–Trinajstić information content (AvgIpc) is 3.08. The third-order valence-corrected chi connectivity index (χ3v) is 5.24. The van der Waals surface area contributed by atoms with Crippen LogP contribution in [0.3, 0.4) is 0 Å². The predicted octanol–water partition coefficient (Wildman–Crippen LogP) is 1.85. The highest BCUT2D eigenvalue weighted by molar-refractivity contribution is 5.53. The molecule has 3 rings (SSSR count). The fourth-order valence-corrected chi connectivity index (χ4v) is 3.81. The van der Waals surface area contributed by atoms with Crippen molar-refractivity contribution in [3.63, 3.8) is 0 Å². The van der Waals surface area contributed by atoms with E-state index < -0.39 is 0 Å². The Morgan fingerprint density at radius 3 is 2.84 bits per heavy atom. The van der Waals surface area contributed by atoms with Crippen molar-refractivity contribution in [2.75, 3.05) is 50.1 Å². The number of aromatic nitrogens is 2. The van der Waals surface area contributed by atoms with Crippen LogP contribution in [0.15, 0.2) is 11.6 Å². The molecule has 0 saturated carbocycles. The molecule has 0 unspecified atom stereocenters. The van der Waals surface area contributed by atoms with Crippen LogP contribution < -0.4 is 10.2 Å². The number of hydrogen-bond acceptors (Lipinski definition) is 6. The summed E-state index contributed by atoms with van der Waals surface area (Å²) < 4.78 is 0. The standard InChI is InChI=1S/C19H31N5O/c1-14(2)7-9-23-10-11-24(13-15(23)8-12-25)19-21-17-6-4-5-16(17)18(20-3)22-19/h7,15,25H,4-6,8-13H2,1-3H3,(H,20,21,22)/t15-/m1/s1. The molecule has 1 aliphatic heterocycles. The van der Waals surface area contributed by atoms with E-state index >= 15 is 0 Å². The Kier molecular flexibility index (Phi) is 5.91. The van der Waals surface area contributed by atoms with Gasteiger partial charge in [0.05, 0.1) is 5.69 Å². The second kappa shape index (κ2) is 8.15. The minimum atomic E-state index is 0.219. The Bertz CT molecular complexity index is 626.